The van der Waals surface area contributed by atoms with Gasteiger partial charge in [0.05, 0.1) is 18.0 Å². The lowest BCUT2D eigenvalue weighted by Gasteiger charge is -2.28. The quantitative estimate of drug-likeness (QED) is 0.800. The van der Waals surface area contributed by atoms with E-state index in [4.69, 9.17) is 0 Å². The standard InChI is InChI=1S/C8H16NO3S.C5H10NO/c1-13(11,12)7-6-9-4-2-8(10)3-5-9;7-5-1-3-6-4-2-5/h8H,2-7H2,1H3;5-6H,1-4H2. The van der Waals surface area contributed by atoms with E-state index >= 15 is 0 Å². The molecule has 0 aromatic carbocycles. The summed E-state index contributed by atoms with van der Waals surface area (Å²) in [4.78, 5) is 2.05. The van der Waals surface area contributed by atoms with Crippen molar-refractivity contribution in [3.8, 4) is 0 Å². The van der Waals surface area contributed by atoms with Gasteiger partial charge >= 0.3 is 0 Å². The Kier molecular flexibility index (Phi) is 7.98. The average molecular weight is 306 g/mol. The smallest absolute Gasteiger partial charge is 0.148 e. The summed E-state index contributed by atoms with van der Waals surface area (Å²) >= 11 is 0. The third-order valence-electron chi connectivity index (χ3n) is 3.60. The van der Waals surface area contributed by atoms with Gasteiger partial charge < -0.3 is 10.2 Å². The Labute approximate surface area is 122 Å². The van der Waals surface area contributed by atoms with Crippen molar-refractivity contribution in [2.75, 3.05) is 44.7 Å². The van der Waals surface area contributed by atoms with Crippen molar-refractivity contribution >= 4 is 9.84 Å². The molecule has 2 fully saturated rings. The summed E-state index contributed by atoms with van der Waals surface area (Å²) in [6.45, 7) is 3.93. The van der Waals surface area contributed by atoms with Gasteiger partial charge in [-0.2, -0.15) is 0 Å². The molecule has 0 bridgehead atoms. The third kappa shape index (κ3) is 8.86. The molecule has 2 radical (unpaired) electrons. The number of likely N-dealkylation sites (tertiary alicyclic amines) is 1. The van der Waals surface area contributed by atoms with Crippen LogP contribution in [0.25, 0.3) is 0 Å². The minimum Gasteiger partial charge on any atom is -0.317 e. The fourth-order valence-corrected chi connectivity index (χ4v) is 2.81. The van der Waals surface area contributed by atoms with E-state index in [2.05, 4.69) is 10.2 Å². The molecule has 0 unspecified atom stereocenters. The predicted octanol–water partition coefficient (Wildman–Crippen LogP) is 0.0948. The molecule has 1 N–H and O–H groups in total. The van der Waals surface area contributed by atoms with Crippen LogP contribution in [0.3, 0.4) is 0 Å². The maximum Gasteiger partial charge on any atom is 0.148 e. The molecule has 0 atom stereocenters. The van der Waals surface area contributed by atoms with E-state index < -0.39 is 15.9 Å². The van der Waals surface area contributed by atoms with Gasteiger partial charge in [-0.3, -0.25) is 0 Å². The average Bonchev–Trinajstić information content (AvgIpc) is 2.39. The maximum atomic E-state index is 10.9. The highest BCUT2D eigenvalue weighted by molar-refractivity contribution is 7.90. The van der Waals surface area contributed by atoms with Crippen LogP contribution in [0.2, 0.25) is 0 Å². The molecule has 0 aromatic rings. The minimum absolute atomic E-state index is 0.205. The monoisotopic (exact) mass is 306 g/mol. The number of piperidine rings is 2. The van der Waals surface area contributed by atoms with Crippen LogP contribution in [0.5, 0.6) is 0 Å². The van der Waals surface area contributed by atoms with Gasteiger partial charge in [0.15, 0.2) is 0 Å². The lowest BCUT2D eigenvalue weighted by molar-refractivity contribution is 0.0295. The number of sulfone groups is 1. The number of hydrogen-bond acceptors (Lipinski definition) is 4. The summed E-state index contributed by atoms with van der Waals surface area (Å²) in [7, 11) is -2.86. The molecule has 118 valence electrons. The minimum atomic E-state index is -2.86. The summed E-state index contributed by atoms with van der Waals surface area (Å²) in [5.41, 5.74) is 0. The lowest BCUT2D eigenvalue weighted by atomic mass is 10.1. The molecule has 7 heteroatoms. The van der Waals surface area contributed by atoms with Gasteiger partial charge in [0, 0.05) is 25.9 Å². The fraction of sp³-hybridized carbons (Fsp3) is 1.00. The number of nitrogens with one attached hydrogen (secondary N) is 1. The zero-order valence-electron chi connectivity index (χ0n) is 12.2. The lowest BCUT2D eigenvalue weighted by Crippen LogP contribution is -2.38. The van der Waals surface area contributed by atoms with Gasteiger partial charge in [0.25, 0.3) is 0 Å². The summed E-state index contributed by atoms with van der Waals surface area (Å²) in [6, 6.07) is 0. The van der Waals surface area contributed by atoms with E-state index in [1.54, 1.807) is 0 Å². The molecule has 0 aromatic heterocycles. The zero-order chi connectivity index (χ0) is 15.0. The molecule has 2 heterocycles. The topological polar surface area (TPSA) is 89.2 Å². The molecule has 2 saturated heterocycles. The third-order valence-corrected chi connectivity index (χ3v) is 4.52. The maximum absolute atomic E-state index is 10.9. The first-order valence-electron chi connectivity index (χ1n) is 7.29. The van der Waals surface area contributed by atoms with Crippen LogP contribution in [0.15, 0.2) is 0 Å². The van der Waals surface area contributed by atoms with E-state index in [0.717, 1.165) is 39.0 Å². The molecular formula is C13H26N2O4S. The molecule has 2 aliphatic rings. The molecule has 0 aliphatic carbocycles. The van der Waals surface area contributed by atoms with E-state index in [0.29, 0.717) is 19.4 Å². The normalized spacial score (nSPS) is 23.1. The van der Waals surface area contributed by atoms with E-state index in [-0.39, 0.29) is 11.9 Å². The van der Waals surface area contributed by atoms with Crippen molar-refractivity contribution in [2.45, 2.75) is 37.9 Å². The molecule has 0 amide bonds. The Morgan fingerprint density at radius 1 is 1.00 bits per heavy atom. The highest BCUT2D eigenvalue weighted by Gasteiger charge is 2.18. The molecule has 2 aliphatic heterocycles. The Bertz CT molecular complexity index is 347. The highest BCUT2D eigenvalue weighted by Crippen LogP contribution is 2.09. The fourth-order valence-electron chi connectivity index (χ4n) is 2.22. The Morgan fingerprint density at radius 2 is 1.50 bits per heavy atom. The van der Waals surface area contributed by atoms with Crippen LogP contribution in [0.1, 0.15) is 25.7 Å². The highest BCUT2D eigenvalue weighted by atomic mass is 32.2. The van der Waals surface area contributed by atoms with E-state index in [1.165, 1.54) is 6.26 Å². The number of rotatable bonds is 3. The first kappa shape index (κ1) is 17.8. The van der Waals surface area contributed by atoms with Gasteiger partial charge in [-0.15, -0.1) is 0 Å². The molecule has 2 rings (SSSR count). The SMILES string of the molecule is CS(=O)(=O)CCN1CCC([O])CC1.[O]C1CCNCC1. The van der Waals surface area contributed by atoms with Crippen molar-refractivity contribution in [2.24, 2.45) is 0 Å². The Morgan fingerprint density at radius 3 is 1.90 bits per heavy atom. The van der Waals surface area contributed by atoms with Crippen LogP contribution in [0, 0.1) is 0 Å². The molecule has 6 nitrogen and oxygen atoms in total. The number of hydrogen-bond donors (Lipinski definition) is 1. The number of nitrogens with zero attached hydrogens (tertiary/aromatic N) is 1. The second-order valence-corrected chi connectivity index (χ2v) is 7.88. The first-order chi connectivity index (χ1) is 9.37. The van der Waals surface area contributed by atoms with Crippen LogP contribution >= 0.6 is 0 Å². The van der Waals surface area contributed by atoms with Crippen LogP contribution in [0.4, 0.5) is 0 Å². The van der Waals surface area contributed by atoms with E-state index in [1.807, 2.05) is 0 Å². The molecule has 20 heavy (non-hydrogen) atoms. The van der Waals surface area contributed by atoms with Gasteiger partial charge in [0.1, 0.15) is 9.84 Å². The van der Waals surface area contributed by atoms with Crippen LogP contribution in [-0.2, 0) is 20.1 Å². The van der Waals surface area contributed by atoms with Crippen molar-refractivity contribution in [3.05, 3.63) is 0 Å². The van der Waals surface area contributed by atoms with Crippen molar-refractivity contribution in [1.29, 1.82) is 0 Å². The summed E-state index contributed by atoms with van der Waals surface area (Å²) in [5, 5.41) is 24.6. The van der Waals surface area contributed by atoms with Crippen molar-refractivity contribution in [1.82, 2.24) is 10.2 Å². The second-order valence-electron chi connectivity index (χ2n) is 5.62. The van der Waals surface area contributed by atoms with Gasteiger partial charge in [-0.25, -0.2) is 18.6 Å². The first-order valence-corrected chi connectivity index (χ1v) is 9.35. The van der Waals surface area contributed by atoms with Gasteiger partial charge in [-0.05, 0) is 38.8 Å². The van der Waals surface area contributed by atoms with Crippen molar-refractivity contribution < 1.29 is 18.6 Å². The Hall–Kier alpha value is -0.210. The summed E-state index contributed by atoms with van der Waals surface area (Å²) < 4.78 is 21.7. The van der Waals surface area contributed by atoms with Gasteiger partial charge in [0.2, 0.25) is 0 Å². The zero-order valence-corrected chi connectivity index (χ0v) is 13.0. The summed E-state index contributed by atoms with van der Waals surface area (Å²) in [6.07, 6.45) is 3.48. The van der Waals surface area contributed by atoms with Crippen molar-refractivity contribution in [3.63, 3.8) is 0 Å². The van der Waals surface area contributed by atoms with Gasteiger partial charge in [-0.1, -0.05) is 0 Å². The summed E-state index contributed by atoms with van der Waals surface area (Å²) in [5.74, 6) is 0.205. The van der Waals surface area contributed by atoms with Crippen LogP contribution in [-0.4, -0.2) is 70.3 Å². The largest absolute Gasteiger partial charge is 0.317 e. The molecule has 0 saturated carbocycles. The van der Waals surface area contributed by atoms with E-state index in [9.17, 15) is 18.6 Å². The molecule has 0 spiro atoms. The second kappa shape index (κ2) is 8.94. The van der Waals surface area contributed by atoms with Crippen LogP contribution < -0.4 is 5.32 Å². The predicted molar refractivity (Wildman–Crippen MR) is 76.4 cm³/mol. The molecular weight excluding hydrogens is 280 g/mol. The Balaban J connectivity index is 0.000000240.